The quantitative estimate of drug-likeness (QED) is 0.560. The van der Waals surface area contributed by atoms with Gasteiger partial charge in [-0.1, -0.05) is 25.1 Å². The fraction of sp³-hybridized carbons (Fsp3) is 0.391. The highest BCUT2D eigenvalue weighted by Gasteiger charge is 2.52. The number of nitrogens with zero attached hydrogens (tertiary/aromatic N) is 1. The first-order valence-electron chi connectivity index (χ1n) is 10.0. The molecule has 1 N–H and O–H groups in total. The lowest BCUT2D eigenvalue weighted by Crippen LogP contribution is -2.40. The zero-order valence-electron chi connectivity index (χ0n) is 18.3. The van der Waals surface area contributed by atoms with Gasteiger partial charge in [-0.3, -0.25) is 9.59 Å². The van der Waals surface area contributed by atoms with Crippen LogP contribution in [0.15, 0.2) is 36.4 Å². The van der Waals surface area contributed by atoms with E-state index < -0.39 is 46.4 Å². The summed E-state index contributed by atoms with van der Waals surface area (Å²) in [5, 5.41) is 2.18. The minimum absolute atomic E-state index is 0.0121. The third kappa shape index (κ3) is 4.56. The van der Waals surface area contributed by atoms with Crippen LogP contribution in [0, 0.1) is 25.2 Å². The Morgan fingerprint density at radius 2 is 1.48 bits per heavy atom. The molecule has 2 aromatic rings. The largest absolute Gasteiger partial charge is 0.416 e. The van der Waals surface area contributed by atoms with Crippen molar-refractivity contribution in [3.8, 4) is 0 Å². The Morgan fingerprint density at radius 1 is 1.00 bits per heavy atom. The molecule has 2 unspecified atom stereocenters. The molecule has 10 heteroatoms. The van der Waals surface area contributed by atoms with E-state index in [9.17, 15) is 35.9 Å². The molecule has 0 aromatic heterocycles. The van der Waals surface area contributed by atoms with Gasteiger partial charge in [0.15, 0.2) is 0 Å². The van der Waals surface area contributed by atoms with Crippen LogP contribution in [-0.4, -0.2) is 18.4 Å². The molecule has 0 spiro atoms. The van der Waals surface area contributed by atoms with Gasteiger partial charge in [0.25, 0.3) is 0 Å². The Balaban J connectivity index is 1.97. The number of halogens is 6. The number of benzene rings is 2. The van der Waals surface area contributed by atoms with Crippen LogP contribution < -0.4 is 10.2 Å². The van der Waals surface area contributed by atoms with Gasteiger partial charge in [0, 0.05) is 17.9 Å². The van der Waals surface area contributed by atoms with Crippen molar-refractivity contribution in [3.63, 3.8) is 0 Å². The normalized spacial score (nSPS) is 21.5. The Labute approximate surface area is 186 Å². The van der Waals surface area contributed by atoms with Gasteiger partial charge in [-0.2, -0.15) is 26.3 Å². The van der Waals surface area contributed by atoms with Gasteiger partial charge >= 0.3 is 12.4 Å². The molecule has 4 nitrogen and oxygen atoms in total. The molecule has 1 aliphatic rings. The molecule has 33 heavy (non-hydrogen) atoms. The molecule has 1 saturated heterocycles. The van der Waals surface area contributed by atoms with Gasteiger partial charge in [-0.25, -0.2) is 0 Å². The van der Waals surface area contributed by atoms with E-state index in [2.05, 4.69) is 5.32 Å². The molecule has 2 amide bonds. The fourth-order valence-electron chi connectivity index (χ4n) is 4.04. The first kappa shape index (κ1) is 24.6. The number of hydrogen-bond donors (Lipinski definition) is 1. The van der Waals surface area contributed by atoms with E-state index in [1.54, 1.807) is 26.0 Å². The summed E-state index contributed by atoms with van der Waals surface area (Å²) in [6, 6.07) is 6.30. The average Bonchev–Trinajstić information content (AvgIpc) is 2.91. The first-order valence-corrected chi connectivity index (χ1v) is 10.0. The Morgan fingerprint density at radius 3 is 1.94 bits per heavy atom. The fourth-order valence-corrected chi connectivity index (χ4v) is 4.04. The molecule has 2 aromatic carbocycles. The van der Waals surface area contributed by atoms with Crippen LogP contribution in [0.25, 0.3) is 0 Å². The smallest absolute Gasteiger partial charge is 0.326 e. The van der Waals surface area contributed by atoms with Crippen LogP contribution in [0.2, 0.25) is 0 Å². The van der Waals surface area contributed by atoms with Crippen molar-refractivity contribution >= 4 is 23.2 Å². The predicted molar refractivity (Wildman–Crippen MR) is 111 cm³/mol. The van der Waals surface area contributed by atoms with Crippen molar-refractivity contribution in [2.75, 3.05) is 16.8 Å². The van der Waals surface area contributed by atoms with Crippen molar-refractivity contribution in [2.24, 2.45) is 11.3 Å². The highest BCUT2D eigenvalue weighted by atomic mass is 19.4. The maximum atomic E-state index is 13.1. The molecular weight excluding hydrogens is 450 g/mol. The summed E-state index contributed by atoms with van der Waals surface area (Å²) in [7, 11) is 0. The van der Waals surface area contributed by atoms with Crippen LogP contribution in [-0.2, 0) is 21.9 Å². The van der Waals surface area contributed by atoms with E-state index in [0.717, 1.165) is 11.1 Å². The standard InChI is InChI=1S/C23H22F6N2O2/c1-12-6-5-7-13(2)18(12)31-11-21(4,14(3)19(31)32)20(33)30-17-9-15(22(24,25)26)8-16(10-17)23(27,28)29/h5-10,14H,11H2,1-4H3,(H,30,33). The van der Waals surface area contributed by atoms with Crippen molar-refractivity contribution in [1.82, 2.24) is 0 Å². The third-order valence-electron chi connectivity index (χ3n) is 6.15. The van der Waals surface area contributed by atoms with Gasteiger partial charge < -0.3 is 10.2 Å². The minimum atomic E-state index is -5.04. The summed E-state index contributed by atoms with van der Waals surface area (Å²) in [6.45, 7) is 6.52. The number of hydrogen-bond acceptors (Lipinski definition) is 2. The number of alkyl halides is 6. The molecule has 1 fully saturated rings. The van der Waals surface area contributed by atoms with Crippen molar-refractivity contribution in [3.05, 3.63) is 58.7 Å². The van der Waals surface area contributed by atoms with E-state index in [0.29, 0.717) is 17.8 Å². The summed E-state index contributed by atoms with van der Waals surface area (Å²) in [5.74, 6) is -2.06. The topological polar surface area (TPSA) is 49.4 Å². The zero-order chi connectivity index (χ0) is 24.9. The summed E-state index contributed by atoms with van der Waals surface area (Å²) in [5.41, 5.74) is -2.88. The van der Waals surface area contributed by atoms with Crippen LogP contribution in [0.4, 0.5) is 37.7 Å². The van der Waals surface area contributed by atoms with Crippen LogP contribution >= 0.6 is 0 Å². The van der Waals surface area contributed by atoms with Gasteiger partial charge in [0.05, 0.1) is 22.5 Å². The second kappa shape index (κ2) is 8.07. The summed E-state index contributed by atoms with van der Waals surface area (Å²) in [6.07, 6.45) is -10.1. The lowest BCUT2D eigenvalue weighted by Gasteiger charge is -2.27. The van der Waals surface area contributed by atoms with Crippen LogP contribution in [0.3, 0.4) is 0 Å². The maximum Gasteiger partial charge on any atom is 0.416 e. The lowest BCUT2D eigenvalue weighted by atomic mass is 9.80. The van der Waals surface area contributed by atoms with Gasteiger partial charge in [0.1, 0.15) is 0 Å². The molecule has 2 atom stereocenters. The molecule has 0 saturated carbocycles. The number of nitrogens with one attached hydrogen (secondary N) is 1. The summed E-state index contributed by atoms with van der Waals surface area (Å²) >= 11 is 0. The predicted octanol–water partition coefficient (Wildman–Crippen LogP) is 5.97. The van der Waals surface area contributed by atoms with Gasteiger partial charge in [-0.15, -0.1) is 0 Å². The number of amides is 2. The highest BCUT2D eigenvalue weighted by molar-refractivity contribution is 6.07. The number of carbonyl (C=O) groups excluding carboxylic acids is 2. The number of rotatable bonds is 3. The molecule has 0 radical (unpaired) electrons. The number of para-hydroxylation sites is 1. The number of aryl methyl sites for hydroxylation is 2. The van der Waals surface area contributed by atoms with Crippen LogP contribution in [0.1, 0.15) is 36.1 Å². The van der Waals surface area contributed by atoms with Gasteiger partial charge in [-0.05, 0) is 50.1 Å². The van der Waals surface area contributed by atoms with Gasteiger partial charge in [0.2, 0.25) is 11.8 Å². The molecule has 3 rings (SSSR count). The van der Waals surface area contributed by atoms with Crippen molar-refractivity contribution in [1.29, 1.82) is 0 Å². The van der Waals surface area contributed by atoms with Crippen molar-refractivity contribution in [2.45, 2.75) is 40.0 Å². The second-order valence-electron chi connectivity index (χ2n) is 8.55. The molecule has 0 bridgehead atoms. The van der Waals surface area contributed by atoms with E-state index in [1.165, 1.54) is 18.7 Å². The van der Waals surface area contributed by atoms with Crippen molar-refractivity contribution < 1.29 is 35.9 Å². The Hall–Kier alpha value is -3.04. The molecule has 178 valence electrons. The Kier molecular flexibility index (Phi) is 6.02. The second-order valence-corrected chi connectivity index (χ2v) is 8.55. The first-order chi connectivity index (χ1) is 15.1. The molecule has 1 aliphatic heterocycles. The van der Waals surface area contributed by atoms with E-state index >= 15 is 0 Å². The SMILES string of the molecule is Cc1cccc(C)c1N1CC(C)(C(=O)Nc2cc(C(F)(F)F)cc(C(F)(F)F)c2)C(C)C1=O. The van der Waals surface area contributed by atoms with E-state index in [4.69, 9.17) is 0 Å². The average molecular weight is 472 g/mol. The van der Waals surface area contributed by atoms with E-state index in [1.807, 2.05) is 6.07 Å². The maximum absolute atomic E-state index is 13.1. The molecule has 1 heterocycles. The lowest BCUT2D eigenvalue weighted by molar-refractivity contribution is -0.143. The van der Waals surface area contributed by atoms with Crippen LogP contribution in [0.5, 0.6) is 0 Å². The Bertz CT molecular complexity index is 1060. The zero-order valence-corrected chi connectivity index (χ0v) is 18.3. The van der Waals surface area contributed by atoms with E-state index in [-0.39, 0.29) is 18.5 Å². The number of carbonyl (C=O) groups is 2. The summed E-state index contributed by atoms with van der Waals surface area (Å²) in [4.78, 5) is 27.6. The summed E-state index contributed by atoms with van der Waals surface area (Å²) < 4.78 is 78.9. The monoisotopic (exact) mass is 472 g/mol. The molecule has 0 aliphatic carbocycles. The highest BCUT2D eigenvalue weighted by Crippen LogP contribution is 2.43. The third-order valence-corrected chi connectivity index (χ3v) is 6.15. The number of anilines is 2. The minimum Gasteiger partial charge on any atom is -0.326 e. The molecular formula is C23H22F6N2O2.